The minimum absolute atomic E-state index is 0. The molecule has 1 radical (unpaired) electrons. The first-order valence-electron chi connectivity index (χ1n) is 20.3. The summed E-state index contributed by atoms with van der Waals surface area (Å²) in [6.07, 6.45) is 1.35. The predicted molar refractivity (Wildman–Crippen MR) is 225 cm³/mol. The van der Waals surface area contributed by atoms with Gasteiger partial charge >= 0.3 is 6.18 Å². The number of allylic oxidation sites excluding steroid dienone is 2. The first-order chi connectivity index (χ1) is 25.7. The number of carbonyl (C=O) groups is 1. The zero-order chi connectivity index (χ0) is 41.5. The summed E-state index contributed by atoms with van der Waals surface area (Å²) in [4.78, 5) is 16.0. The molecule has 0 amide bonds. The number of rotatable bonds is 13. The number of aliphatic hydroxyl groups is 1. The third-order valence-electron chi connectivity index (χ3n) is 11.7. The number of hydrogen-bond donors (Lipinski definition) is 1. The average molecular weight is 949 g/mol. The van der Waals surface area contributed by atoms with Crippen molar-refractivity contribution in [1.29, 1.82) is 0 Å². The third-order valence-corrected chi connectivity index (χ3v) is 11.7. The Morgan fingerprint density at radius 2 is 1.29 bits per heavy atom. The van der Waals surface area contributed by atoms with E-state index in [4.69, 9.17) is 0 Å². The minimum atomic E-state index is -4.53. The Hall–Kier alpha value is -3.28. The van der Waals surface area contributed by atoms with Crippen LogP contribution in [0.5, 0.6) is 0 Å². The van der Waals surface area contributed by atoms with Gasteiger partial charge in [-0.1, -0.05) is 149 Å². The summed E-state index contributed by atoms with van der Waals surface area (Å²) >= 11 is 0. The van der Waals surface area contributed by atoms with Crippen LogP contribution in [0.15, 0.2) is 78.7 Å². The number of fused-ring (bicyclic) bond motifs is 1. The van der Waals surface area contributed by atoms with Gasteiger partial charge in [0.1, 0.15) is 0 Å². The summed E-state index contributed by atoms with van der Waals surface area (Å²) in [5.74, 6) is 1.66. The van der Waals surface area contributed by atoms with Gasteiger partial charge in [0.25, 0.3) is 0 Å². The van der Waals surface area contributed by atoms with Crippen molar-refractivity contribution in [2.75, 3.05) is 0 Å². The van der Waals surface area contributed by atoms with E-state index in [0.29, 0.717) is 34.6 Å². The normalized spacial score (nSPS) is 12.8. The Morgan fingerprint density at radius 1 is 0.768 bits per heavy atom. The fourth-order valence-corrected chi connectivity index (χ4v) is 8.77. The van der Waals surface area contributed by atoms with Crippen LogP contribution >= 0.6 is 0 Å². The van der Waals surface area contributed by atoms with Crippen LogP contribution in [0, 0.1) is 35.7 Å². The molecule has 1 heterocycles. The Kier molecular flexibility index (Phi) is 17.8. The second-order valence-corrected chi connectivity index (χ2v) is 17.0. The van der Waals surface area contributed by atoms with E-state index in [1.54, 1.807) is 6.07 Å². The van der Waals surface area contributed by atoms with Gasteiger partial charge < -0.3 is 5.11 Å². The van der Waals surface area contributed by atoms with E-state index in [9.17, 15) is 23.1 Å². The van der Waals surface area contributed by atoms with Gasteiger partial charge in [-0.25, -0.2) is 0 Å². The smallest absolute Gasteiger partial charge is 0.418 e. The number of alkyl halides is 3. The van der Waals surface area contributed by atoms with E-state index in [0.717, 1.165) is 53.8 Å². The van der Waals surface area contributed by atoms with Crippen LogP contribution in [-0.2, 0) is 41.9 Å². The van der Waals surface area contributed by atoms with Gasteiger partial charge in [-0.05, 0) is 65.5 Å². The molecule has 4 rings (SSSR count). The summed E-state index contributed by atoms with van der Waals surface area (Å²) < 4.78 is 42.7. The van der Waals surface area contributed by atoms with E-state index < -0.39 is 11.7 Å². The molecule has 0 aliphatic carbocycles. The number of hydrogen-bond acceptors (Lipinski definition) is 3. The first-order valence-corrected chi connectivity index (χ1v) is 20.3. The number of aromatic nitrogens is 1. The van der Waals surface area contributed by atoms with Crippen molar-refractivity contribution in [3.63, 3.8) is 0 Å². The fourth-order valence-electron chi connectivity index (χ4n) is 8.77. The van der Waals surface area contributed by atoms with Gasteiger partial charge in [0.2, 0.25) is 0 Å². The maximum atomic E-state index is 14.2. The summed E-state index contributed by atoms with van der Waals surface area (Å²) in [5.41, 5.74) is 3.12. The Bertz CT molecular complexity index is 1870. The van der Waals surface area contributed by atoms with E-state index in [2.05, 4.69) is 79.4 Å². The Labute approximate surface area is 349 Å². The van der Waals surface area contributed by atoms with Crippen LogP contribution < -0.4 is 0 Å². The SMILES string of the molecule is CC(C)C(c1ccc(-c2cc(-c3[c-]c4ccccc4c(C(C)(C)C)c3)ncc2C(F)(F)F)cc1)(C(C)C)C(C)C.CCC(CC)C(=O)/C=C(\O)C(CC)CC.[Ir]. The van der Waals surface area contributed by atoms with Crippen molar-refractivity contribution in [3.05, 3.63) is 101 Å². The van der Waals surface area contributed by atoms with Crippen LogP contribution in [0.25, 0.3) is 33.2 Å². The minimum Gasteiger partial charge on any atom is -0.512 e. The van der Waals surface area contributed by atoms with Crippen LogP contribution in [0.4, 0.5) is 13.2 Å². The number of benzene rings is 3. The molecule has 7 heteroatoms. The summed E-state index contributed by atoms with van der Waals surface area (Å²) in [5, 5.41) is 11.8. The van der Waals surface area contributed by atoms with Crippen molar-refractivity contribution in [3.8, 4) is 22.4 Å². The Balaban J connectivity index is 0.000000576. The van der Waals surface area contributed by atoms with Crippen molar-refractivity contribution < 1.29 is 43.2 Å². The molecule has 0 saturated carbocycles. The van der Waals surface area contributed by atoms with Gasteiger partial charge in [-0.15, -0.1) is 29.1 Å². The molecule has 3 nitrogen and oxygen atoms in total. The maximum Gasteiger partial charge on any atom is 0.418 e. The molecule has 56 heavy (non-hydrogen) atoms. The number of pyridine rings is 1. The zero-order valence-corrected chi connectivity index (χ0v) is 38.3. The summed E-state index contributed by atoms with van der Waals surface area (Å²) in [6, 6.07) is 22.7. The fraction of sp³-hybridized carbons (Fsp3) is 0.510. The molecule has 4 aromatic rings. The molecule has 0 unspecified atom stereocenters. The monoisotopic (exact) mass is 949 g/mol. The van der Waals surface area contributed by atoms with Crippen LogP contribution in [0.2, 0.25) is 0 Å². The number of ketones is 1. The molecule has 0 saturated heterocycles. The van der Waals surface area contributed by atoms with Crippen LogP contribution in [0.3, 0.4) is 0 Å². The van der Waals surface area contributed by atoms with Gasteiger partial charge in [-0.3, -0.25) is 9.78 Å². The molecule has 0 fully saturated rings. The molecule has 0 aliphatic heterocycles. The average Bonchev–Trinajstić information content (AvgIpc) is 3.11. The number of nitrogens with zero attached hydrogens (tertiary/aromatic N) is 1. The van der Waals surface area contributed by atoms with Crippen LogP contribution in [-0.4, -0.2) is 15.9 Å². The number of aliphatic hydroxyl groups excluding tert-OH is 1. The van der Waals surface area contributed by atoms with E-state index in [1.165, 1.54) is 6.08 Å². The number of carbonyl (C=O) groups excluding carboxylic acids is 1. The molecule has 309 valence electrons. The predicted octanol–water partition coefficient (Wildman–Crippen LogP) is 14.8. The molecule has 0 bridgehead atoms. The molecule has 0 atom stereocenters. The van der Waals surface area contributed by atoms with Gasteiger partial charge in [0.15, 0.2) is 5.78 Å². The van der Waals surface area contributed by atoms with Crippen molar-refractivity contribution >= 4 is 16.6 Å². The topological polar surface area (TPSA) is 50.2 Å². The molecule has 0 aliphatic rings. The van der Waals surface area contributed by atoms with Crippen LogP contribution in [0.1, 0.15) is 132 Å². The molecular weight excluding hydrogens is 884 g/mol. The largest absolute Gasteiger partial charge is 0.512 e. The molecule has 3 aromatic carbocycles. The summed E-state index contributed by atoms with van der Waals surface area (Å²) in [7, 11) is 0. The Morgan fingerprint density at radius 3 is 1.75 bits per heavy atom. The molecular formula is C49H65F3IrNO2-. The second kappa shape index (κ2) is 20.4. The van der Waals surface area contributed by atoms with E-state index in [1.807, 2.05) is 76.2 Å². The van der Waals surface area contributed by atoms with Crippen molar-refractivity contribution in [1.82, 2.24) is 4.98 Å². The maximum absolute atomic E-state index is 14.2. The zero-order valence-electron chi connectivity index (χ0n) is 35.9. The van der Waals surface area contributed by atoms with E-state index >= 15 is 0 Å². The van der Waals surface area contributed by atoms with E-state index in [-0.39, 0.29) is 59.9 Å². The molecule has 0 spiro atoms. The standard InChI is InChI=1S/C36H41F3N.C13H24O2.Ir/c1-22(2)35(23(3)4,24(5)6)28-16-14-25(15-17-28)30-20-33(40-21-32(30)36(37,38)39)27-18-26-12-10-11-13-29(26)31(19-27)34(7,8)9;1-5-10(6-2)12(14)9-13(15)11(7-3)8-4;/h10-17,19-24H,1-9H3;9-11,14H,5-8H2,1-4H3;/q-1;;/b;12-9-;. The molecule has 1 N–H and O–H groups in total. The van der Waals surface area contributed by atoms with Gasteiger partial charge in [-0.2, -0.15) is 13.2 Å². The van der Waals surface area contributed by atoms with Gasteiger partial charge in [0, 0.05) is 55.3 Å². The molecule has 1 aromatic heterocycles. The number of halogens is 3. The quantitative estimate of drug-likeness (QED) is 0.0825. The first kappa shape index (κ1) is 48.9. The second-order valence-electron chi connectivity index (χ2n) is 17.0. The third kappa shape index (κ3) is 11.0. The van der Waals surface area contributed by atoms with Gasteiger partial charge in [0.05, 0.1) is 11.3 Å². The summed E-state index contributed by atoms with van der Waals surface area (Å²) in [6.45, 7) is 27.9. The van der Waals surface area contributed by atoms with Crippen molar-refractivity contribution in [2.24, 2.45) is 29.6 Å². The van der Waals surface area contributed by atoms with Crippen molar-refractivity contribution in [2.45, 2.75) is 133 Å².